The van der Waals surface area contributed by atoms with Crippen LogP contribution in [0.15, 0.2) is 24.3 Å². The van der Waals surface area contributed by atoms with Gasteiger partial charge in [0.1, 0.15) is 6.10 Å². The average Bonchev–Trinajstić information content (AvgIpc) is 2.59. The van der Waals surface area contributed by atoms with E-state index in [0.29, 0.717) is 12.5 Å². The van der Waals surface area contributed by atoms with E-state index in [9.17, 15) is 4.79 Å². The molecule has 2 heterocycles. The summed E-state index contributed by atoms with van der Waals surface area (Å²) in [6, 6.07) is 9.47. The lowest BCUT2D eigenvalue weighted by molar-refractivity contribution is -0.148. The van der Waals surface area contributed by atoms with Crippen molar-refractivity contribution in [3.63, 3.8) is 0 Å². The SMILES string of the molecule is CCCC(=O)OC(C)CCN1CCN2c3ccccc3CCC2C1. The topological polar surface area (TPSA) is 32.8 Å². The Bertz CT molecular complexity index is 560. The lowest BCUT2D eigenvalue weighted by atomic mass is 9.94. The van der Waals surface area contributed by atoms with Crippen LogP contribution in [-0.2, 0) is 16.0 Å². The predicted molar refractivity (Wildman–Crippen MR) is 97.4 cm³/mol. The van der Waals surface area contributed by atoms with Crippen molar-refractivity contribution in [1.82, 2.24) is 4.90 Å². The van der Waals surface area contributed by atoms with Crippen LogP contribution in [0.4, 0.5) is 5.69 Å². The van der Waals surface area contributed by atoms with Crippen LogP contribution in [0.25, 0.3) is 0 Å². The number of carbonyl (C=O) groups excluding carboxylic acids is 1. The molecule has 2 aliphatic rings. The predicted octanol–water partition coefficient (Wildman–Crippen LogP) is 3.25. The van der Waals surface area contributed by atoms with Crippen molar-refractivity contribution < 1.29 is 9.53 Å². The Labute approximate surface area is 145 Å². The van der Waals surface area contributed by atoms with E-state index in [1.165, 1.54) is 24.1 Å². The monoisotopic (exact) mass is 330 g/mol. The zero-order valence-electron chi connectivity index (χ0n) is 15.0. The highest BCUT2D eigenvalue weighted by molar-refractivity contribution is 5.69. The standard InChI is InChI=1S/C20H30N2O2/c1-3-6-20(23)24-16(2)11-12-21-13-14-22-18(15-21)10-9-17-7-4-5-8-19(17)22/h4-5,7-8,16,18H,3,6,9-15H2,1-2H3. The molecule has 0 amide bonds. The van der Waals surface area contributed by atoms with E-state index in [1.54, 1.807) is 0 Å². The minimum absolute atomic E-state index is 0.0224. The van der Waals surface area contributed by atoms with Crippen LogP contribution in [0.1, 0.15) is 45.1 Å². The molecule has 0 spiro atoms. The number of aryl methyl sites for hydroxylation is 1. The quantitative estimate of drug-likeness (QED) is 0.750. The van der Waals surface area contributed by atoms with Gasteiger partial charge in [-0.05, 0) is 44.2 Å². The molecule has 0 bridgehead atoms. The maximum Gasteiger partial charge on any atom is 0.306 e. The van der Waals surface area contributed by atoms with E-state index in [2.05, 4.69) is 34.1 Å². The maximum absolute atomic E-state index is 11.6. The van der Waals surface area contributed by atoms with Crippen LogP contribution in [0.3, 0.4) is 0 Å². The summed E-state index contributed by atoms with van der Waals surface area (Å²) in [5.41, 5.74) is 2.94. The molecule has 1 saturated heterocycles. The molecule has 24 heavy (non-hydrogen) atoms. The summed E-state index contributed by atoms with van der Waals surface area (Å²) in [5.74, 6) is -0.0568. The number of carbonyl (C=O) groups is 1. The Kier molecular flexibility index (Phi) is 5.77. The van der Waals surface area contributed by atoms with Gasteiger partial charge in [0.05, 0.1) is 0 Å². The molecule has 132 valence electrons. The molecule has 0 aromatic heterocycles. The van der Waals surface area contributed by atoms with Gasteiger partial charge in [-0.3, -0.25) is 9.69 Å². The fourth-order valence-corrected chi connectivity index (χ4v) is 3.92. The summed E-state index contributed by atoms with van der Waals surface area (Å²) < 4.78 is 5.46. The summed E-state index contributed by atoms with van der Waals surface area (Å²) in [6.07, 6.45) is 4.78. The van der Waals surface area contributed by atoms with Crippen LogP contribution in [0.2, 0.25) is 0 Å². The maximum atomic E-state index is 11.6. The van der Waals surface area contributed by atoms with Gasteiger partial charge in [-0.2, -0.15) is 0 Å². The van der Waals surface area contributed by atoms with Gasteiger partial charge < -0.3 is 9.64 Å². The summed E-state index contributed by atoms with van der Waals surface area (Å²) >= 11 is 0. The van der Waals surface area contributed by atoms with Crippen molar-refractivity contribution in [3.05, 3.63) is 29.8 Å². The molecule has 1 aromatic carbocycles. The first-order valence-corrected chi connectivity index (χ1v) is 9.43. The highest BCUT2D eigenvalue weighted by Crippen LogP contribution is 2.32. The second kappa shape index (κ2) is 8.02. The highest BCUT2D eigenvalue weighted by atomic mass is 16.5. The van der Waals surface area contributed by atoms with Crippen LogP contribution in [-0.4, -0.2) is 49.2 Å². The van der Waals surface area contributed by atoms with Gasteiger partial charge in [0.25, 0.3) is 0 Å². The molecule has 1 aromatic rings. The number of piperazine rings is 1. The first-order valence-electron chi connectivity index (χ1n) is 9.43. The van der Waals surface area contributed by atoms with Crippen molar-refractivity contribution >= 4 is 11.7 Å². The minimum Gasteiger partial charge on any atom is -0.463 e. The number of para-hydroxylation sites is 1. The van der Waals surface area contributed by atoms with Gasteiger partial charge in [0.2, 0.25) is 0 Å². The number of benzene rings is 1. The average molecular weight is 330 g/mol. The van der Waals surface area contributed by atoms with Crippen LogP contribution in [0.5, 0.6) is 0 Å². The third-order valence-electron chi connectivity index (χ3n) is 5.25. The Hall–Kier alpha value is -1.55. The van der Waals surface area contributed by atoms with Crippen LogP contribution < -0.4 is 4.90 Å². The van der Waals surface area contributed by atoms with E-state index in [1.807, 2.05) is 13.8 Å². The molecule has 0 saturated carbocycles. The van der Waals surface area contributed by atoms with Gasteiger partial charge in [-0.25, -0.2) is 0 Å². The lowest BCUT2D eigenvalue weighted by Crippen LogP contribution is -2.55. The molecule has 0 aliphatic carbocycles. The molecule has 1 fully saturated rings. The molecular weight excluding hydrogens is 300 g/mol. The molecular formula is C20H30N2O2. The summed E-state index contributed by atoms with van der Waals surface area (Å²) in [6.45, 7) is 8.37. The number of ether oxygens (including phenoxy) is 1. The summed E-state index contributed by atoms with van der Waals surface area (Å²) in [5, 5.41) is 0. The number of esters is 1. The van der Waals surface area contributed by atoms with Gasteiger partial charge in [0, 0.05) is 44.3 Å². The fourth-order valence-electron chi connectivity index (χ4n) is 3.92. The normalized spacial score (nSPS) is 21.8. The van der Waals surface area contributed by atoms with Crippen molar-refractivity contribution in [2.24, 2.45) is 0 Å². The van der Waals surface area contributed by atoms with Crippen molar-refractivity contribution in [3.8, 4) is 0 Å². The van der Waals surface area contributed by atoms with Gasteiger partial charge in [-0.15, -0.1) is 0 Å². The molecule has 4 nitrogen and oxygen atoms in total. The Morgan fingerprint density at radius 2 is 2.17 bits per heavy atom. The Morgan fingerprint density at radius 1 is 1.33 bits per heavy atom. The zero-order chi connectivity index (χ0) is 16.9. The summed E-state index contributed by atoms with van der Waals surface area (Å²) in [7, 11) is 0. The van der Waals surface area contributed by atoms with Crippen molar-refractivity contribution in [2.75, 3.05) is 31.1 Å². The molecule has 2 unspecified atom stereocenters. The largest absolute Gasteiger partial charge is 0.463 e. The number of hydrogen-bond donors (Lipinski definition) is 0. The zero-order valence-corrected chi connectivity index (χ0v) is 15.0. The van der Waals surface area contributed by atoms with Gasteiger partial charge in [-0.1, -0.05) is 25.1 Å². The first-order chi connectivity index (χ1) is 11.7. The second-order valence-electron chi connectivity index (χ2n) is 7.15. The molecule has 2 atom stereocenters. The molecule has 2 aliphatic heterocycles. The van der Waals surface area contributed by atoms with Crippen molar-refractivity contribution in [1.29, 1.82) is 0 Å². The smallest absolute Gasteiger partial charge is 0.306 e. The number of nitrogens with zero attached hydrogens (tertiary/aromatic N) is 2. The highest BCUT2D eigenvalue weighted by Gasteiger charge is 2.31. The molecule has 3 rings (SSSR count). The second-order valence-corrected chi connectivity index (χ2v) is 7.15. The van der Waals surface area contributed by atoms with E-state index in [4.69, 9.17) is 4.74 Å². The van der Waals surface area contributed by atoms with Gasteiger partial charge >= 0.3 is 5.97 Å². The van der Waals surface area contributed by atoms with Crippen LogP contribution >= 0.6 is 0 Å². The summed E-state index contributed by atoms with van der Waals surface area (Å²) in [4.78, 5) is 16.7. The van der Waals surface area contributed by atoms with E-state index in [0.717, 1.165) is 39.0 Å². The van der Waals surface area contributed by atoms with Crippen molar-refractivity contribution in [2.45, 2.75) is 58.1 Å². The molecule has 0 N–H and O–H groups in total. The van der Waals surface area contributed by atoms with E-state index >= 15 is 0 Å². The Balaban J connectivity index is 1.47. The number of hydrogen-bond acceptors (Lipinski definition) is 4. The number of anilines is 1. The van der Waals surface area contributed by atoms with E-state index in [-0.39, 0.29) is 12.1 Å². The molecule has 4 heteroatoms. The van der Waals surface area contributed by atoms with E-state index < -0.39 is 0 Å². The Morgan fingerprint density at radius 3 is 3.00 bits per heavy atom. The number of fused-ring (bicyclic) bond motifs is 3. The lowest BCUT2D eigenvalue weighted by Gasteiger charge is -2.46. The number of rotatable bonds is 6. The third kappa shape index (κ3) is 4.10. The van der Waals surface area contributed by atoms with Crippen LogP contribution in [0, 0.1) is 0 Å². The first kappa shape index (κ1) is 17.3. The minimum atomic E-state index is -0.0568. The van der Waals surface area contributed by atoms with Gasteiger partial charge in [0.15, 0.2) is 0 Å². The molecule has 0 radical (unpaired) electrons. The third-order valence-corrected chi connectivity index (χ3v) is 5.25. The fraction of sp³-hybridized carbons (Fsp3) is 0.650.